The molecule has 2 N–H and O–H groups in total. The fraction of sp³-hybridized carbons (Fsp3) is 0.400. The molecule has 0 saturated carbocycles. The molecule has 17 heteroatoms. The first kappa shape index (κ1) is 46.5. The molecule has 2 aromatic carbocycles. The number of aromatic nitrogens is 4. The number of halogens is 4. The molecule has 0 amide bonds. The van der Waals surface area contributed by atoms with E-state index in [1.165, 1.54) is 23.0 Å². The van der Waals surface area contributed by atoms with Gasteiger partial charge in [-0.2, -0.15) is 0 Å². The maximum atomic E-state index is 13.8. The van der Waals surface area contributed by atoms with E-state index in [0.717, 1.165) is 65.4 Å². The maximum Gasteiger partial charge on any atom is 0.309 e. The summed E-state index contributed by atoms with van der Waals surface area (Å²) in [7, 11) is 0. The van der Waals surface area contributed by atoms with E-state index >= 15 is 0 Å². The zero-order chi connectivity index (χ0) is 46.6. The topological polar surface area (TPSA) is 166 Å². The summed E-state index contributed by atoms with van der Waals surface area (Å²) in [6.45, 7) is 11.0. The Balaban J connectivity index is 0.000000170. The zero-order valence-electron chi connectivity index (χ0n) is 37.4. The second-order valence-corrected chi connectivity index (χ2v) is 18.9. The average Bonchev–Trinajstić information content (AvgIpc) is 3.76. The lowest BCUT2D eigenvalue weighted by Gasteiger charge is -2.31. The van der Waals surface area contributed by atoms with E-state index in [4.69, 9.17) is 26.1 Å². The second kappa shape index (κ2) is 17.2. The Morgan fingerprint density at radius 1 is 0.746 bits per heavy atom. The molecule has 9 heterocycles. The van der Waals surface area contributed by atoms with Crippen LogP contribution in [0.3, 0.4) is 0 Å². The normalized spacial score (nSPS) is 20.8. The number of aryl methyl sites for hydroxylation is 1. The highest BCUT2D eigenvalue weighted by Crippen LogP contribution is 2.43. The van der Waals surface area contributed by atoms with E-state index in [9.17, 15) is 38.2 Å². The molecule has 0 unspecified atom stereocenters. The van der Waals surface area contributed by atoms with Crippen molar-refractivity contribution in [1.29, 1.82) is 0 Å². The molecule has 0 bridgehead atoms. The molecule has 1 saturated heterocycles. The summed E-state index contributed by atoms with van der Waals surface area (Å²) in [4.78, 5) is 63.1. The van der Waals surface area contributed by atoms with Crippen molar-refractivity contribution < 1.29 is 38.1 Å². The summed E-state index contributed by atoms with van der Waals surface area (Å²) in [6.07, 6.45) is 2.45. The van der Waals surface area contributed by atoms with Gasteiger partial charge in [0.2, 0.25) is 0 Å². The van der Waals surface area contributed by atoms with E-state index in [-0.39, 0.29) is 73.6 Å². The van der Waals surface area contributed by atoms with Crippen LogP contribution in [-0.4, -0.2) is 59.2 Å². The third-order valence-electron chi connectivity index (χ3n) is 14.4. The predicted octanol–water partition coefficient (Wildman–Crippen LogP) is 7.83. The highest BCUT2D eigenvalue weighted by atomic mass is 35.5. The molecule has 350 valence electrons. The van der Waals surface area contributed by atoms with Gasteiger partial charge < -0.3 is 28.8 Å². The number of carbonyl (C=O) groups is 2. The van der Waals surface area contributed by atoms with Gasteiger partial charge in [-0.25, -0.2) is 18.7 Å². The van der Waals surface area contributed by atoms with Crippen LogP contribution >= 0.6 is 24.0 Å². The fourth-order valence-corrected chi connectivity index (χ4v) is 10.4. The quantitative estimate of drug-likeness (QED) is 0.165. The lowest BCUT2D eigenvalue weighted by Crippen LogP contribution is -2.33. The van der Waals surface area contributed by atoms with Crippen LogP contribution in [0.4, 0.5) is 8.78 Å². The Kier molecular flexibility index (Phi) is 11.9. The van der Waals surface area contributed by atoms with Crippen molar-refractivity contribution in [3.63, 3.8) is 0 Å². The minimum absolute atomic E-state index is 0. The first-order chi connectivity index (χ1) is 31.5. The third-order valence-corrected chi connectivity index (χ3v) is 14.8. The van der Waals surface area contributed by atoms with Gasteiger partial charge in [-0.1, -0.05) is 32.4 Å². The highest BCUT2D eigenvalue weighted by molar-refractivity contribution is 6.32. The molecule has 0 radical (unpaired) electrons. The molecule has 13 nitrogen and oxygen atoms in total. The SMILES string of the molecule is CC[C@@]1(O)CC(=O)OCc2c1cc1n(c2=O)Cc2c-1nc1cc(Cl)c(C)cc1c2CN1CCC(C)CC1.CC[C@@]1(O)CC(=O)OCc2c1cc1n(c2=O)Cc2cc3cc(F)c(F)cc3nc2-1.Cl. The van der Waals surface area contributed by atoms with Crippen LogP contribution in [0.1, 0.15) is 104 Å². The summed E-state index contributed by atoms with van der Waals surface area (Å²) >= 11 is 6.52. The molecule has 4 aromatic heterocycles. The van der Waals surface area contributed by atoms with Gasteiger partial charge >= 0.3 is 11.9 Å². The van der Waals surface area contributed by atoms with Crippen LogP contribution in [0, 0.1) is 24.5 Å². The summed E-state index contributed by atoms with van der Waals surface area (Å²) in [5.74, 6) is -2.30. The number of cyclic esters (lactones) is 2. The van der Waals surface area contributed by atoms with Crippen molar-refractivity contribution in [3.05, 3.63) is 124 Å². The van der Waals surface area contributed by atoms with Crippen molar-refractivity contribution in [1.82, 2.24) is 24.0 Å². The molecule has 11 rings (SSSR count). The van der Waals surface area contributed by atoms with Gasteiger partial charge in [-0.05, 0) is 110 Å². The molecule has 2 atom stereocenters. The van der Waals surface area contributed by atoms with Gasteiger partial charge in [0.1, 0.15) is 24.4 Å². The summed E-state index contributed by atoms with van der Waals surface area (Å²) in [6, 6.07) is 11.3. The van der Waals surface area contributed by atoms with Crippen LogP contribution in [-0.2, 0) is 63.1 Å². The van der Waals surface area contributed by atoms with Crippen molar-refractivity contribution in [3.8, 4) is 22.8 Å². The lowest BCUT2D eigenvalue weighted by atomic mass is 9.85. The number of hydrogen-bond donors (Lipinski definition) is 2. The number of aliphatic hydroxyl groups is 2. The molecule has 5 aliphatic heterocycles. The van der Waals surface area contributed by atoms with Gasteiger partial charge in [0.05, 0.1) is 70.9 Å². The Bertz CT molecular complexity index is 3220. The van der Waals surface area contributed by atoms with Crippen LogP contribution in [0.5, 0.6) is 0 Å². The monoisotopic (exact) mass is 955 g/mol. The third kappa shape index (κ3) is 7.82. The molecule has 67 heavy (non-hydrogen) atoms. The molecule has 5 aliphatic rings. The molecular formula is C50H49Cl2F2N5O8. The van der Waals surface area contributed by atoms with E-state index in [0.29, 0.717) is 62.7 Å². The molecule has 6 aromatic rings. The first-order valence-corrected chi connectivity index (χ1v) is 22.8. The average molecular weight is 957 g/mol. The number of likely N-dealkylation sites (tertiary alicyclic amines) is 1. The van der Waals surface area contributed by atoms with E-state index in [2.05, 4.69) is 22.9 Å². The number of piperidine rings is 1. The Labute approximate surface area is 394 Å². The predicted molar refractivity (Wildman–Crippen MR) is 249 cm³/mol. The molecule has 1 fully saturated rings. The number of carbonyl (C=O) groups excluding carboxylic acids is 2. The number of pyridine rings is 4. The van der Waals surface area contributed by atoms with E-state index < -0.39 is 34.8 Å². The highest BCUT2D eigenvalue weighted by Gasteiger charge is 2.41. The first-order valence-electron chi connectivity index (χ1n) is 22.4. The Morgan fingerprint density at radius 2 is 1.30 bits per heavy atom. The smallest absolute Gasteiger partial charge is 0.309 e. The second-order valence-electron chi connectivity index (χ2n) is 18.5. The molecule has 0 spiro atoms. The number of rotatable bonds is 4. The number of fused-ring (bicyclic) bond motifs is 10. The van der Waals surface area contributed by atoms with Gasteiger partial charge in [0.25, 0.3) is 11.1 Å². The number of nitrogens with zero attached hydrogens (tertiary/aromatic N) is 5. The molecular weight excluding hydrogens is 907 g/mol. The minimum Gasteiger partial charge on any atom is -0.460 e. The fourth-order valence-electron chi connectivity index (χ4n) is 10.3. The van der Waals surface area contributed by atoms with Crippen LogP contribution in [0.2, 0.25) is 5.02 Å². The Hall–Kier alpha value is -5.58. The number of esters is 2. The van der Waals surface area contributed by atoms with Crippen LogP contribution < -0.4 is 11.1 Å². The maximum absolute atomic E-state index is 13.8. The van der Waals surface area contributed by atoms with Gasteiger partial charge in [-0.15, -0.1) is 12.4 Å². The van der Waals surface area contributed by atoms with Crippen molar-refractivity contribution in [2.45, 2.75) is 110 Å². The number of benzene rings is 2. The van der Waals surface area contributed by atoms with Gasteiger partial charge in [-0.3, -0.25) is 24.1 Å². The zero-order valence-corrected chi connectivity index (χ0v) is 39.0. The largest absolute Gasteiger partial charge is 0.460 e. The summed E-state index contributed by atoms with van der Waals surface area (Å²) in [5, 5.41) is 24.7. The minimum atomic E-state index is -1.52. The number of hydrogen-bond acceptors (Lipinski definition) is 11. The Morgan fingerprint density at radius 3 is 1.90 bits per heavy atom. The summed E-state index contributed by atoms with van der Waals surface area (Å²) in [5.41, 5.74) is 5.17. The van der Waals surface area contributed by atoms with Crippen molar-refractivity contribution in [2.75, 3.05) is 13.1 Å². The standard InChI is InChI=1S/C29H32ClN3O4.C21H16F2N2O4.ClH/c1-4-29(36)12-26(34)37-15-21-22(29)10-25-27-20(14-33(25)28(21)35)19(13-32-7-5-16(2)6-8-32)18-9-17(3)23(30)11-24(18)31-27;1-2-21(28)7-18(26)29-9-12-13(21)5-17-19-11(8-25(17)20(12)27)3-10-4-14(22)15(23)6-16(10)24-19;/h9-11,16,36H,4-8,12-15H2,1-3H3;3-6,28H,2,7-9H2,1H3;1H/t29-;21-;/m11./s1. The lowest BCUT2D eigenvalue weighted by molar-refractivity contribution is -0.150. The molecule has 0 aliphatic carbocycles. The summed E-state index contributed by atoms with van der Waals surface area (Å²) < 4.78 is 40.9. The van der Waals surface area contributed by atoms with E-state index in [1.54, 1.807) is 23.6 Å². The van der Waals surface area contributed by atoms with Crippen LogP contribution in [0.15, 0.2) is 52.1 Å². The van der Waals surface area contributed by atoms with Crippen molar-refractivity contribution in [2.24, 2.45) is 5.92 Å². The van der Waals surface area contributed by atoms with E-state index in [1.807, 2.05) is 26.0 Å². The number of ether oxygens (including phenoxy) is 2. The van der Waals surface area contributed by atoms with Gasteiger partial charge in [0, 0.05) is 39.5 Å². The van der Waals surface area contributed by atoms with Crippen LogP contribution in [0.25, 0.3) is 44.6 Å². The van der Waals surface area contributed by atoms with Gasteiger partial charge in [0.15, 0.2) is 11.6 Å². The van der Waals surface area contributed by atoms with Crippen molar-refractivity contribution >= 4 is 57.8 Å².